The van der Waals surface area contributed by atoms with Gasteiger partial charge in [-0.15, -0.1) is 0 Å². The molecule has 22 heavy (non-hydrogen) atoms. The van der Waals surface area contributed by atoms with E-state index >= 15 is 0 Å². The van der Waals surface area contributed by atoms with Crippen molar-refractivity contribution >= 4 is 11.7 Å². The first-order chi connectivity index (χ1) is 10.7. The maximum absolute atomic E-state index is 13.0. The number of nitrogens with one attached hydrogen (secondary N) is 2. The predicted molar refractivity (Wildman–Crippen MR) is 84.7 cm³/mol. The minimum Gasteiger partial charge on any atom is -0.494 e. The Labute approximate surface area is 129 Å². The average molecular weight is 302 g/mol. The lowest BCUT2D eigenvalue weighted by atomic mass is 10.1. The van der Waals surface area contributed by atoms with Crippen molar-refractivity contribution in [2.75, 3.05) is 18.5 Å². The lowest BCUT2D eigenvalue weighted by molar-refractivity contribution is 0.252. The van der Waals surface area contributed by atoms with Crippen molar-refractivity contribution in [2.24, 2.45) is 0 Å². The van der Waals surface area contributed by atoms with E-state index in [2.05, 4.69) is 10.6 Å². The van der Waals surface area contributed by atoms with Gasteiger partial charge in [0.05, 0.1) is 6.61 Å². The van der Waals surface area contributed by atoms with E-state index in [1.807, 2.05) is 13.0 Å². The lowest BCUT2D eigenvalue weighted by Crippen LogP contribution is -2.30. The van der Waals surface area contributed by atoms with E-state index in [9.17, 15) is 9.18 Å². The molecule has 0 aliphatic rings. The minimum atomic E-state index is -0.291. The summed E-state index contributed by atoms with van der Waals surface area (Å²) in [6, 6.07) is 13.2. The van der Waals surface area contributed by atoms with Crippen LogP contribution in [0.3, 0.4) is 0 Å². The van der Waals surface area contributed by atoms with Gasteiger partial charge in [-0.2, -0.15) is 0 Å². The zero-order valence-corrected chi connectivity index (χ0v) is 12.4. The Morgan fingerprint density at radius 2 is 1.95 bits per heavy atom. The van der Waals surface area contributed by atoms with Gasteiger partial charge in [0.15, 0.2) is 0 Å². The van der Waals surface area contributed by atoms with E-state index in [4.69, 9.17) is 4.74 Å². The SMILES string of the molecule is CCOc1ccc(NC(=O)NCCc2cccc(F)c2)cc1. The van der Waals surface area contributed by atoms with Gasteiger partial charge in [-0.1, -0.05) is 12.1 Å². The van der Waals surface area contributed by atoms with Crippen LogP contribution in [-0.4, -0.2) is 19.2 Å². The molecule has 0 bridgehead atoms. The van der Waals surface area contributed by atoms with Gasteiger partial charge in [0.2, 0.25) is 0 Å². The van der Waals surface area contributed by atoms with Crippen molar-refractivity contribution in [3.05, 3.63) is 59.9 Å². The second-order valence-electron chi connectivity index (χ2n) is 4.72. The van der Waals surface area contributed by atoms with Crippen LogP contribution in [0.4, 0.5) is 14.9 Å². The Kier molecular flexibility index (Phi) is 5.77. The van der Waals surface area contributed by atoms with Gasteiger partial charge in [0.1, 0.15) is 11.6 Å². The predicted octanol–water partition coefficient (Wildman–Crippen LogP) is 3.59. The third kappa shape index (κ3) is 5.09. The standard InChI is InChI=1S/C17H19FN2O2/c1-2-22-16-8-6-15(7-9-16)20-17(21)19-11-10-13-4-3-5-14(18)12-13/h3-9,12H,2,10-11H2,1H3,(H2,19,20,21). The summed E-state index contributed by atoms with van der Waals surface area (Å²) in [4.78, 5) is 11.8. The van der Waals surface area contributed by atoms with Crippen LogP contribution in [0.25, 0.3) is 0 Å². The number of ether oxygens (including phenoxy) is 1. The molecule has 2 aromatic rings. The molecule has 2 rings (SSSR count). The van der Waals surface area contributed by atoms with Crippen LogP contribution in [-0.2, 0) is 6.42 Å². The molecule has 5 heteroatoms. The molecule has 0 aromatic heterocycles. The van der Waals surface area contributed by atoms with Crippen LogP contribution < -0.4 is 15.4 Å². The van der Waals surface area contributed by atoms with Crippen LogP contribution in [0, 0.1) is 5.82 Å². The van der Waals surface area contributed by atoms with Crippen LogP contribution in [0.15, 0.2) is 48.5 Å². The number of hydrogen-bond donors (Lipinski definition) is 2. The van der Waals surface area contributed by atoms with Gasteiger partial charge >= 0.3 is 6.03 Å². The summed E-state index contributed by atoms with van der Waals surface area (Å²) in [7, 11) is 0. The Hall–Kier alpha value is -2.56. The summed E-state index contributed by atoms with van der Waals surface area (Å²) in [5.41, 5.74) is 1.54. The van der Waals surface area contributed by atoms with Crippen molar-refractivity contribution in [2.45, 2.75) is 13.3 Å². The van der Waals surface area contributed by atoms with Gasteiger partial charge in [0.25, 0.3) is 0 Å². The molecule has 2 aromatic carbocycles. The fourth-order valence-corrected chi connectivity index (χ4v) is 1.99. The number of amides is 2. The fraction of sp³-hybridized carbons (Fsp3) is 0.235. The number of benzene rings is 2. The normalized spacial score (nSPS) is 10.1. The molecular weight excluding hydrogens is 283 g/mol. The smallest absolute Gasteiger partial charge is 0.319 e. The van der Waals surface area contributed by atoms with Crippen LogP contribution >= 0.6 is 0 Å². The first-order valence-electron chi connectivity index (χ1n) is 7.19. The highest BCUT2D eigenvalue weighted by Gasteiger charge is 2.02. The summed E-state index contributed by atoms with van der Waals surface area (Å²) in [5.74, 6) is 0.496. The minimum absolute atomic E-state index is 0.267. The summed E-state index contributed by atoms with van der Waals surface area (Å²) in [6.45, 7) is 2.96. The molecule has 0 saturated carbocycles. The molecule has 2 amide bonds. The Bertz CT molecular complexity index is 614. The van der Waals surface area contributed by atoms with Crippen molar-refractivity contribution in [3.63, 3.8) is 0 Å². The van der Waals surface area contributed by atoms with Crippen LogP contribution in [0.5, 0.6) is 5.75 Å². The van der Waals surface area contributed by atoms with E-state index in [1.54, 1.807) is 30.3 Å². The summed E-state index contributed by atoms with van der Waals surface area (Å²) < 4.78 is 18.3. The molecule has 0 unspecified atom stereocenters. The quantitative estimate of drug-likeness (QED) is 0.856. The second kappa shape index (κ2) is 8.02. The van der Waals surface area contributed by atoms with Crippen molar-refractivity contribution in [1.29, 1.82) is 0 Å². The van der Waals surface area contributed by atoms with Gasteiger partial charge in [0, 0.05) is 12.2 Å². The van der Waals surface area contributed by atoms with Crippen molar-refractivity contribution in [1.82, 2.24) is 5.32 Å². The third-order valence-electron chi connectivity index (χ3n) is 3.01. The first kappa shape index (κ1) is 15.8. The number of carbonyl (C=O) groups excluding carboxylic acids is 1. The van der Waals surface area contributed by atoms with E-state index in [0.717, 1.165) is 11.3 Å². The molecule has 0 radical (unpaired) electrons. The lowest BCUT2D eigenvalue weighted by Gasteiger charge is -2.09. The third-order valence-corrected chi connectivity index (χ3v) is 3.01. The molecule has 0 saturated heterocycles. The number of halogens is 1. The Balaban J connectivity index is 1.75. The molecule has 0 spiro atoms. The highest BCUT2D eigenvalue weighted by Crippen LogP contribution is 2.15. The van der Waals surface area contributed by atoms with Crippen molar-refractivity contribution in [3.8, 4) is 5.75 Å². The number of urea groups is 1. The van der Waals surface area contributed by atoms with Gasteiger partial charge in [-0.05, 0) is 55.3 Å². The van der Waals surface area contributed by atoms with Gasteiger partial charge in [-0.3, -0.25) is 0 Å². The summed E-state index contributed by atoms with van der Waals surface area (Å²) in [5, 5.41) is 5.46. The molecule has 2 N–H and O–H groups in total. The molecule has 0 aliphatic carbocycles. The Morgan fingerprint density at radius 3 is 2.64 bits per heavy atom. The van der Waals surface area contributed by atoms with E-state index in [0.29, 0.717) is 25.3 Å². The van der Waals surface area contributed by atoms with Crippen LogP contribution in [0.1, 0.15) is 12.5 Å². The largest absolute Gasteiger partial charge is 0.494 e. The Morgan fingerprint density at radius 1 is 1.18 bits per heavy atom. The molecule has 0 fully saturated rings. The maximum Gasteiger partial charge on any atom is 0.319 e. The highest BCUT2D eigenvalue weighted by atomic mass is 19.1. The number of carbonyl (C=O) groups is 1. The zero-order chi connectivity index (χ0) is 15.8. The maximum atomic E-state index is 13.0. The number of anilines is 1. The van der Waals surface area contributed by atoms with Gasteiger partial charge < -0.3 is 15.4 Å². The molecular formula is C17H19FN2O2. The van der Waals surface area contributed by atoms with Crippen molar-refractivity contribution < 1.29 is 13.9 Å². The van der Waals surface area contributed by atoms with E-state index in [-0.39, 0.29) is 11.8 Å². The monoisotopic (exact) mass is 302 g/mol. The molecule has 0 aliphatic heterocycles. The van der Waals surface area contributed by atoms with E-state index in [1.165, 1.54) is 12.1 Å². The molecule has 0 atom stereocenters. The summed E-state index contributed by atoms with van der Waals surface area (Å²) >= 11 is 0. The molecule has 4 nitrogen and oxygen atoms in total. The first-order valence-corrected chi connectivity index (χ1v) is 7.19. The van der Waals surface area contributed by atoms with Crippen LogP contribution in [0.2, 0.25) is 0 Å². The second-order valence-corrected chi connectivity index (χ2v) is 4.72. The van der Waals surface area contributed by atoms with E-state index < -0.39 is 0 Å². The average Bonchev–Trinajstić information content (AvgIpc) is 2.50. The molecule has 0 heterocycles. The zero-order valence-electron chi connectivity index (χ0n) is 12.4. The highest BCUT2D eigenvalue weighted by molar-refractivity contribution is 5.89. The number of rotatable bonds is 6. The number of hydrogen-bond acceptors (Lipinski definition) is 2. The fourth-order valence-electron chi connectivity index (χ4n) is 1.99. The van der Waals surface area contributed by atoms with Gasteiger partial charge in [-0.25, -0.2) is 9.18 Å². The summed E-state index contributed by atoms with van der Waals surface area (Å²) in [6.07, 6.45) is 0.578. The topological polar surface area (TPSA) is 50.4 Å². The molecule has 116 valence electrons.